The first kappa shape index (κ1) is 12.9. The van der Waals surface area contributed by atoms with Crippen LogP contribution >= 0.6 is 15.9 Å². The second-order valence-electron chi connectivity index (χ2n) is 3.27. The maximum absolute atomic E-state index is 11.4. The highest BCUT2D eigenvalue weighted by molar-refractivity contribution is 9.09. The number of hydrogen-bond acceptors (Lipinski definition) is 3. The van der Waals surface area contributed by atoms with Gasteiger partial charge in [-0.15, -0.1) is 0 Å². The fourth-order valence-electron chi connectivity index (χ4n) is 1.15. The zero-order valence-corrected chi connectivity index (χ0v) is 10.6. The smallest absolute Gasteiger partial charge is 0.338 e. The van der Waals surface area contributed by atoms with Gasteiger partial charge in [0, 0.05) is 5.56 Å². The maximum Gasteiger partial charge on any atom is 0.338 e. The molecule has 0 spiro atoms. The van der Waals surface area contributed by atoms with Gasteiger partial charge in [0.2, 0.25) is 0 Å². The van der Waals surface area contributed by atoms with Crippen LogP contribution in [0, 0.1) is 0 Å². The van der Waals surface area contributed by atoms with Crippen molar-refractivity contribution >= 4 is 27.7 Å². The summed E-state index contributed by atoms with van der Waals surface area (Å²) in [7, 11) is 0. The summed E-state index contributed by atoms with van der Waals surface area (Å²) < 4.78 is 4.97. The number of carbonyl (C=O) groups excluding carboxylic acids is 2. The van der Waals surface area contributed by atoms with Crippen molar-refractivity contribution in [2.45, 2.75) is 13.3 Å². The first-order valence-corrected chi connectivity index (χ1v) is 6.17. The number of alkyl halides is 1. The number of halogens is 1. The molecule has 1 aromatic carbocycles. The fraction of sp³-hybridized carbons (Fsp3) is 0.333. The molecule has 0 N–H and O–H groups in total. The van der Waals surface area contributed by atoms with Crippen LogP contribution in [-0.4, -0.2) is 23.7 Å². The molecule has 0 amide bonds. The van der Waals surface area contributed by atoms with E-state index in [4.69, 9.17) is 4.74 Å². The average molecular weight is 285 g/mol. The Hall–Kier alpha value is -1.16. The van der Waals surface area contributed by atoms with Crippen LogP contribution in [0.2, 0.25) is 0 Å². The largest absolute Gasteiger partial charge is 0.462 e. The van der Waals surface area contributed by atoms with Gasteiger partial charge in [-0.25, -0.2) is 4.79 Å². The van der Waals surface area contributed by atoms with E-state index in [9.17, 15) is 9.59 Å². The Kier molecular flexibility index (Phi) is 5.19. The standard InChI is InChI=1S/C12H13BrO3/c1-2-7-16-12(15)10-5-3-9(4-6-10)11(14)8-13/h3-6H,2,7-8H2,1H3. The van der Waals surface area contributed by atoms with Crippen LogP contribution in [0.25, 0.3) is 0 Å². The van der Waals surface area contributed by atoms with Gasteiger partial charge in [0.15, 0.2) is 5.78 Å². The van der Waals surface area contributed by atoms with E-state index in [0.717, 1.165) is 6.42 Å². The quantitative estimate of drug-likeness (QED) is 0.474. The molecular formula is C12H13BrO3. The van der Waals surface area contributed by atoms with Crippen molar-refractivity contribution in [1.29, 1.82) is 0 Å². The number of carbonyl (C=O) groups is 2. The van der Waals surface area contributed by atoms with E-state index < -0.39 is 0 Å². The number of esters is 1. The molecule has 3 nitrogen and oxygen atoms in total. The summed E-state index contributed by atoms with van der Waals surface area (Å²) in [6.45, 7) is 2.35. The number of ether oxygens (including phenoxy) is 1. The number of hydrogen-bond donors (Lipinski definition) is 0. The SMILES string of the molecule is CCCOC(=O)c1ccc(C(=O)CBr)cc1. The van der Waals surface area contributed by atoms with E-state index in [-0.39, 0.29) is 17.1 Å². The highest BCUT2D eigenvalue weighted by Crippen LogP contribution is 2.08. The molecule has 16 heavy (non-hydrogen) atoms. The normalized spacial score (nSPS) is 9.88. The van der Waals surface area contributed by atoms with Crippen LogP contribution in [-0.2, 0) is 4.74 Å². The van der Waals surface area contributed by atoms with Gasteiger partial charge < -0.3 is 4.74 Å². The fourth-order valence-corrected chi connectivity index (χ4v) is 1.47. The number of Topliss-reactive ketones (excluding diaryl/α,β-unsaturated/α-hetero) is 1. The third-order valence-electron chi connectivity index (χ3n) is 2.00. The van der Waals surface area contributed by atoms with Crippen LogP contribution in [0.3, 0.4) is 0 Å². The molecule has 0 fully saturated rings. The number of benzene rings is 1. The van der Waals surface area contributed by atoms with Crippen molar-refractivity contribution in [3.8, 4) is 0 Å². The topological polar surface area (TPSA) is 43.4 Å². The van der Waals surface area contributed by atoms with Crippen molar-refractivity contribution in [2.75, 3.05) is 11.9 Å². The number of rotatable bonds is 5. The molecule has 4 heteroatoms. The molecular weight excluding hydrogens is 272 g/mol. The van der Waals surface area contributed by atoms with Crippen LogP contribution in [0.4, 0.5) is 0 Å². The molecule has 0 unspecified atom stereocenters. The predicted octanol–water partition coefficient (Wildman–Crippen LogP) is 2.83. The van der Waals surface area contributed by atoms with Gasteiger partial charge in [-0.1, -0.05) is 35.0 Å². The van der Waals surface area contributed by atoms with Gasteiger partial charge in [-0.2, -0.15) is 0 Å². The molecule has 1 rings (SSSR count). The minimum atomic E-state index is -0.348. The van der Waals surface area contributed by atoms with Crippen molar-refractivity contribution < 1.29 is 14.3 Å². The van der Waals surface area contributed by atoms with E-state index in [2.05, 4.69) is 15.9 Å². The summed E-state index contributed by atoms with van der Waals surface area (Å²) in [6, 6.07) is 6.47. The average Bonchev–Trinajstić information content (AvgIpc) is 2.35. The molecule has 0 aliphatic rings. The van der Waals surface area contributed by atoms with E-state index in [1.54, 1.807) is 24.3 Å². The first-order chi connectivity index (χ1) is 7.69. The minimum Gasteiger partial charge on any atom is -0.462 e. The summed E-state index contributed by atoms with van der Waals surface area (Å²) in [6.07, 6.45) is 0.798. The van der Waals surface area contributed by atoms with E-state index >= 15 is 0 Å². The Morgan fingerprint density at radius 2 is 1.75 bits per heavy atom. The first-order valence-electron chi connectivity index (χ1n) is 5.05. The van der Waals surface area contributed by atoms with Gasteiger partial charge in [0.05, 0.1) is 17.5 Å². The summed E-state index contributed by atoms with van der Waals surface area (Å²) >= 11 is 3.09. The third kappa shape index (κ3) is 3.45. The van der Waals surface area contributed by atoms with Crippen molar-refractivity contribution in [1.82, 2.24) is 0 Å². The molecule has 0 bridgehead atoms. The lowest BCUT2D eigenvalue weighted by atomic mass is 10.1. The van der Waals surface area contributed by atoms with Crippen molar-refractivity contribution in [3.05, 3.63) is 35.4 Å². The van der Waals surface area contributed by atoms with Gasteiger partial charge in [0.25, 0.3) is 0 Å². The number of ketones is 1. The maximum atomic E-state index is 11.4. The Bertz CT molecular complexity index is 370. The Morgan fingerprint density at radius 3 is 2.25 bits per heavy atom. The van der Waals surface area contributed by atoms with Crippen molar-refractivity contribution in [3.63, 3.8) is 0 Å². The van der Waals surface area contributed by atoms with Crippen molar-refractivity contribution in [2.24, 2.45) is 0 Å². The lowest BCUT2D eigenvalue weighted by molar-refractivity contribution is 0.0505. The molecule has 1 aromatic rings. The molecule has 0 atom stereocenters. The Morgan fingerprint density at radius 1 is 1.19 bits per heavy atom. The van der Waals surface area contributed by atoms with Crippen LogP contribution in [0.15, 0.2) is 24.3 Å². The highest BCUT2D eigenvalue weighted by atomic mass is 79.9. The molecule has 0 radical (unpaired) electrons. The summed E-state index contributed by atoms with van der Waals surface area (Å²) in [5.41, 5.74) is 1.06. The van der Waals surface area contributed by atoms with Crippen LogP contribution in [0.1, 0.15) is 34.1 Å². The minimum absolute atomic E-state index is 0.00604. The zero-order chi connectivity index (χ0) is 12.0. The van der Waals surface area contributed by atoms with Crippen LogP contribution in [0.5, 0.6) is 0 Å². The predicted molar refractivity (Wildman–Crippen MR) is 65.1 cm³/mol. The zero-order valence-electron chi connectivity index (χ0n) is 9.03. The Balaban J connectivity index is 2.71. The van der Waals surface area contributed by atoms with Gasteiger partial charge in [-0.3, -0.25) is 4.79 Å². The van der Waals surface area contributed by atoms with E-state index in [1.165, 1.54) is 0 Å². The van der Waals surface area contributed by atoms with Gasteiger partial charge >= 0.3 is 5.97 Å². The molecule has 0 aliphatic heterocycles. The molecule has 0 heterocycles. The van der Waals surface area contributed by atoms with Gasteiger partial charge in [0.1, 0.15) is 0 Å². The second kappa shape index (κ2) is 6.43. The summed E-state index contributed by atoms with van der Waals surface area (Å²) in [5.74, 6) is -0.354. The highest BCUT2D eigenvalue weighted by Gasteiger charge is 2.08. The van der Waals surface area contributed by atoms with Crippen LogP contribution < -0.4 is 0 Å². The Labute approximate surface area is 103 Å². The second-order valence-corrected chi connectivity index (χ2v) is 3.83. The summed E-state index contributed by atoms with van der Waals surface area (Å²) in [5, 5.41) is 0.284. The van der Waals surface area contributed by atoms with E-state index in [0.29, 0.717) is 17.7 Å². The molecule has 0 aliphatic carbocycles. The lowest BCUT2D eigenvalue weighted by Crippen LogP contribution is -2.07. The molecule has 0 aromatic heterocycles. The molecule has 0 saturated carbocycles. The monoisotopic (exact) mass is 284 g/mol. The third-order valence-corrected chi connectivity index (χ3v) is 2.51. The van der Waals surface area contributed by atoms with E-state index in [1.807, 2.05) is 6.92 Å². The summed E-state index contributed by atoms with van der Waals surface area (Å²) in [4.78, 5) is 22.7. The lowest BCUT2D eigenvalue weighted by Gasteiger charge is -2.03. The molecule has 86 valence electrons. The van der Waals surface area contributed by atoms with Gasteiger partial charge in [-0.05, 0) is 18.6 Å². The molecule has 0 saturated heterocycles.